The fraction of sp³-hybridized carbons (Fsp3) is 0.500. The van der Waals surface area contributed by atoms with Crippen LogP contribution in [-0.4, -0.2) is 47.3 Å². The number of aromatic nitrogens is 3. The van der Waals surface area contributed by atoms with Gasteiger partial charge in [0.25, 0.3) is 0 Å². The van der Waals surface area contributed by atoms with E-state index in [4.69, 9.17) is 10.5 Å². The molecule has 2 bridgehead atoms. The van der Waals surface area contributed by atoms with Crippen molar-refractivity contribution >= 4 is 17.5 Å². The van der Waals surface area contributed by atoms with Gasteiger partial charge in [0, 0.05) is 55.7 Å². The Kier molecular flexibility index (Phi) is 4.24. The van der Waals surface area contributed by atoms with E-state index in [1.54, 1.807) is 12.4 Å². The lowest BCUT2D eigenvalue weighted by atomic mass is 9.83. The number of nitriles is 1. The van der Waals surface area contributed by atoms with Crippen LogP contribution in [0.1, 0.15) is 42.9 Å². The van der Waals surface area contributed by atoms with Crippen LogP contribution in [0.4, 0.5) is 17.5 Å². The number of hydrogen-bond acceptors (Lipinski definition) is 8. The standard InChI is InChI=1S/C20H23N7O/c21-8-15-16(18-17(26-19(15)22)12-3-5-27(18)6-4-12)13-9-23-20(24-10-13)25-11-14-2-1-7-28-14/h9-10,12,14H,1-7,11H2,(H2,22,26)(H,23,24,25)/t14-/m0/s1. The molecule has 2 saturated heterocycles. The third-order valence-corrected chi connectivity index (χ3v) is 5.99. The van der Waals surface area contributed by atoms with E-state index in [0.717, 1.165) is 67.9 Å². The number of nitrogens with zero attached hydrogens (tertiary/aromatic N) is 5. The summed E-state index contributed by atoms with van der Waals surface area (Å²) in [5, 5.41) is 13.0. The van der Waals surface area contributed by atoms with Crippen molar-refractivity contribution in [2.45, 2.75) is 37.7 Å². The molecule has 2 aromatic heterocycles. The molecule has 144 valence electrons. The molecule has 0 unspecified atom stereocenters. The molecule has 6 rings (SSSR count). The summed E-state index contributed by atoms with van der Waals surface area (Å²) < 4.78 is 5.62. The minimum Gasteiger partial charge on any atom is -0.383 e. The Bertz CT molecular complexity index is 923. The van der Waals surface area contributed by atoms with Crippen LogP contribution in [0.5, 0.6) is 0 Å². The molecular weight excluding hydrogens is 354 g/mol. The van der Waals surface area contributed by atoms with E-state index in [9.17, 15) is 5.26 Å². The van der Waals surface area contributed by atoms with Crippen LogP contribution >= 0.6 is 0 Å². The molecule has 0 saturated carbocycles. The van der Waals surface area contributed by atoms with Crippen molar-refractivity contribution in [2.75, 3.05) is 42.2 Å². The predicted molar refractivity (Wildman–Crippen MR) is 106 cm³/mol. The number of fused-ring (bicyclic) bond motifs is 2. The smallest absolute Gasteiger partial charge is 0.222 e. The van der Waals surface area contributed by atoms with Crippen molar-refractivity contribution in [3.63, 3.8) is 0 Å². The van der Waals surface area contributed by atoms with Crippen molar-refractivity contribution in [1.82, 2.24) is 15.0 Å². The van der Waals surface area contributed by atoms with Gasteiger partial charge in [0.1, 0.15) is 17.5 Å². The first-order valence-corrected chi connectivity index (χ1v) is 9.91. The van der Waals surface area contributed by atoms with Crippen LogP contribution in [0.25, 0.3) is 11.1 Å². The number of ether oxygens (including phenoxy) is 1. The van der Waals surface area contributed by atoms with Crippen molar-refractivity contribution in [1.29, 1.82) is 5.26 Å². The molecule has 28 heavy (non-hydrogen) atoms. The highest BCUT2D eigenvalue weighted by atomic mass is 16.5. The van der Waals surface area contributed by atoms with Crippen LogP contribution in [0.15, 0.2) is 12.4 Å². The van der Waals surface area contributed by atoms with Gasteiger partial charge in [-0.2, -0.15) is 5.26 Å². The highest BCUT2D eigenvalue weighted by Crippen LogP contribution is 2.48. The van der Waals surface area contributed by atoms with Crippen LogP contribution in [0.3, 0.4) is 0 Å². The Hall–Kier alpha value is -2.92. The second kappa shape index (κ2) is 6.91. The molecule has 8 heteroatoms. The van der Waals surface area contributed by atoms with Gasteiger partial charge < -0.3 is 20.7 Å². The lowest BCUT2D eigenvalue weighted by Crippen LogP contribution is -2.40. The summed E-state index contributed by atoms with van der Waals surface area (Å²) in [6.07, 6.45) is 8.11. The van der Waals surface area contributed by atoms with Crippen molar-refractivity contribution in [3.8, 4) is 17.2 Å². The largest absolute Gasteiger partial charge is 0.383 e. The number of nitrogen functional groups attached to an aromatic ring is 1. The first-order chi connectivity index (χ1) is 13.7. The minimum absolute atomic E-state index is 0.226. The second-order valence-corrected chi connectivity index (χ2v) is 7.67. The lowest BCUT2D eigenvalue weighted by Gasteiger charge is -2.42. The van der Waals surface area contributed by atoms with E-state index in [1.807, 2.05) is 0 Å². The zero-order chi connectivity index (χ0) is 19.1. The molecule has 0 aliphatic carbocycles. The second-order valence-electron chi connectivity index (χ2n) is 7.67. The average molecular weight is 377 g/mol. The van der Waals surface area contributed by atoms with Gasteiger partial charge in [0.05, 0.1) is 17.5 Å². The summed E-state index contributed by atoms with van der Waals surface area (Å²) in [5.74, 6) is 1.28. The van der Waals surface area contributed by atoms with Gasteiger partial charge in [-0.15, -0.1) is 0 Å². The molecule has 2 fully saturated rings. The number of pyridine rings is 1. The maximum absolute atomic E-state index is 9.74. The molecule has 4 aliphatic heterocycles. The average Bonchev–Trinajstić information content (AvgIpc) is 3.26. The molecule has 6 heterocycles. The third-order valence-electron chi connectivity index (χ3n) is 5.99. The molecule has 0 amide bonds. The van der Waals surface area contributed by atoms with E-state index in [-0.39, 0.29) is 6.10 Å². The van der Waals surface area contributed by atoms with E-state index < -0.39 is 0 Å². The first-order valence-electron chi connectivity index (χ1n) is 9.91. The van der Waals surface area contributed by atoms with E-state index in [1.165, 1.54) is 0 Å². The molecule has 0 radical (unpaired) electrons. The first kappa shape index (κ1) is 17.2. The summed E-state index contributed by atoms with van der Waals surface area (Å²) in [6.45, 7) is 3.51. The zero-order valence-corrected chi connectivity index (χ0v) is 15.7. The third kappa shape index (κ3) is 2.83. The summed E-state index contributed by atoms with van der Waals surface area (Å²) in [6, 6.07) is 2.25. The van der Waals surface area contributed by atoms with Crippen LogP contribution in [-0.2, 0) is 4.74 Å². The number of anilines is 3. The highest BCUT2D eigenvalue weighted by molar-refractivity contribution is 5.88. The SMILES string of the molecule is N#Cc1c(N)nc2c(c1-c1cnc(NC[C@@H]3CCCO3)nc1)N1CCC2CC1. The van der Waals surface area contributed by atoms with E-state index >= 15 is 0 Å². The molecule has 8 nitrogen and oxygen atoms in total. The van der Waals surface area contributed by atoms with E-state index in [0.29, 0.717) is 29.8 Å². The maximum atomic E-state index is 9.74. The number of nitrogens with two attached hydrogens (primary N) is 1. The minimum atomic E-state index is 0.226. The number of rotatable bonds is 4. The van der Waals surface area contributed by atoms with E-state index in [2.05, 4.69) is 31.2 Å². The Balaban J connectivity index is 1.49. The fourth-order valence-electron chi connectivity index (χ4n) is 4.55. The van der Waals surface area contributed by atoms with Crippen LogP contribution in [0, 0.1) is 11.3 Å². The molecular formula is C20H23N7O. The van der Waals surface area contributed by atoms with Crippen LogP contribution in [0.2, 0.25) is 0 Å². The quantitative estimate of drug-likeness (QED) is 0.834. The van der Waals surface area contributed by atoms with Gasteiger partial charge in [-0.3, -0.25) is 0 Å². The number of piperidine rings is 1. The zero-order valence-electron chi connectivity index (χ0n) is 15.7. The van der Waals surface area contributed by atoms with Gasteiger partial charge in [0.2, 0.25) is 5.95 Å². The number of hydrogen-bond donors (Lipinski definition) is 2. The fourth-order valence-corrected chi connectivity index (χ4v) is 4.55. The molecule has 4 aliphatic rings. The lowest BCUT2D eigenvalue weighted by molar-refractivity contribution is 0.120. The van der Waals surface area contributed by atoms with Gasteiger partial charge >= 0.3 is 0 Å². The van der Waals surface area contributed by atoms with Gasteiger partial charge in [-0.05, 0) is 25.7 Å². The van der Waals surface area contributed by atoms with Crippen molar-refractivity contribution < 1.29 is 4.74 Å². The van der Waals surface area contributed by atoms with Gasteiger partial charge in [0.15, 0.2) is 0 Å². The van der Waals surface area contributed by atoms with Crippen LogP contribution < -0.4 is 16.0 Å². The highest BCUT2D eigenvalue weighted by Gasteiger charge is 2.36. The molecule has 3 N–H and O–H groups in total. The van der Waals surface area contributed by atoms with Gasteiger partial charge in [-0.25, -0.2) is 15.0 Å². The Morgan fingerprint density at radius 2 is 2.04 bits per heavy atom. The Labute approximate surface area is 163 Å². The molecule has 2 aromatic rings. The molecule has 0 spiro atoms. The normalized spacial score (nSPS) is 20.8. The van der Waals surface area contributed by atoms with Crippen molar-refractivity contribution in [3.05, 3.63) is 23.7 Å². The Morgan fingerprint density at radius 1 is 1.25 bits per heavy atom. The number of nitrogens with one attached hydrogen (secondary N) is 1. The van der Waals surface area contributed by atoms with Crippen molar-refractivity contribution in [2.24, 2.45) is 0 Å². The summed E-state index contributed by atoms with van der Waals surface area (Å²) in [7, 11) is 0. The Morgan fingerprint density at radius 3 is 2.71 bits per heavy atom. The molecule has 0 aromatic carbocycles. The molecule has 1 atom stereocenters. The monoisotopic (exact) mass is 377 g/mol. The summed E-state index contributed by atoms with van der Waals surface area (Å²) in [5.41, 5.74) is 10.2. The summed E-state index contributed by atoms with van der Waals surface area (Å²) >= 11 is 0. The maximum Gasteiger partial charge on any atom is 0.222 e. The predicted octanol–water partition coefficient (Wildman–Crippen LogP) is 2.28. The topological polar surface area (TPSA) is 113 Å². The summed E-state index contributed by atoms with van der Waals surface area (Å²) in [4.78, 5) is 15.8. The van der Waals surface area contributed by atoms with Gasteiger partial charge in [-0.1, -0.05) is 0 Å².